The molecule has 1 aromatic carbocycles. The third kappa shape index (κ3) is 3.26. The van der Waals surface area contributed by atoms with Gasteiger partial charge in [-0.25, -0.2) is 4.79 Å². The minimum atomic E-state index is -0.870. The largest absolute Gasteiger partial charge is 0.478 e. The molecule has 4 heteroatoms. The molecule has 1 saturated heterocycles. The number of aromatic carboxylic acids is 1. The van der Waals surface area contributed by atoms with Gasteiger partial charge in [0, 0.05) is 25.9 Å². The smallest absolute Gasteiger partial charge is 0.335 e. The number of ether oxygens (including phenoxy) is 1. The van der Waals surface area contributed by atoms with Gasteiger partial charge < -0.3 is 14.7 Å². The molecule has 0 radical (unpaired) electrons. The Morgan fingerprint density at radius 3 is 2.95 bits per heavy atom. The van der Waals surface area contributed by atoms with Crippen LogP contribution < -0.4 is 4.90 Å². The maximum absolute atomic E-state index is 10.9. The Morgan fingerprint density at radius 2 is 2.32 bits per heavy atom. The number of benzene rings is 1. The lowest BCUT2D eigenvalue weighted by Gasteiger charge is -2.35. The number of aryl methyl sites for hydroxylation is 1. The molecule has 4 nitrogen and oxygen atoms in total. The third-order valence-corrected chi connectivity index (χ3v) is 3.71. The fourth-order valence-electron chi connectivity index (χ4n) is 2.80. The van der Waals surface area contributed by atoms with Crippen LogP contribution in [-0.4, -0.2) is 37.9 Å². The molecule has 1 N–H and O–H groups in total. The van der Waals surface area contributed by atoms with Crippen molar-refractivity contribution in [2.45, 2.75) is 19.8 Å². The van der Waals surface area contributed by atoms with Gasteiger partial charge in [-0.1, -0.05) is 0 Å². The highest BCUT2D eigenvalue weighted by molar-refractivity contribution is 5.88. The number of hydrogen-bond donors (Lipinski definition) is 1. The summed E-state index contributed by atoms with van der Waals surface area (Å²) in [7, 11) is 1.74. The van der Waals surface area contributed by atoms with Crippen LogP contribution in [-0.2, 0) is 4.74 Å². The second kappa shape index (κ2) is 6.06. The third-order valence-electron chi connectivity index (χ3n) is 3.71. The van der Waals surface area contributed by atoms with Crippen molar-refractivity contribution in [3.05, 3.63) is 29.3 Å². The molecule has 1 aromatic rings. The first-order valence-electron chi connectivity index (χ1n) is 6.69. The number of anilines is 1. The van der Waals surface area contributed by atoms with Crippen molar-refractivity contribution in [1.82, 2.24) is 0 Å². The Morgan fingerprint density at radius 1 is 1.53 bits per heavy atom. The van der Waals surface area contributed by atoms with Crippen molar-refractivity contribution in [2.24, 2.45) is 5.92 Å². The van der Waals surface area contributed by atoms with E-state index >= 15 is 0 Å². The number of hydrogen-bond acceptors (Lipinski definition) is 3. The van der Waals surface area contributed by atoms with E-state index in [9.17, 15) is 4.79 Å². The highest BCUT2D eigenvalue weighted by atomic mass is 16.5. The molecule has 1 heterocycles. The standard InChI is InChI=1S/C15H21NO3/c1-11-8-13(15(17)18)5-6-14(11)16-7-3-4-12(9-16)10-19-2/h5-6,8,12H,3-4,7,9-10H2,1-2H3,(H,17,18). The molecule has 19 heavy (non-hydrogen) atoms. The summed E-state index contributed by atoms with van der Waals surface area (Å²) in [6.07, 6.45) is 2.37. The molecule has 104 valence electrons. The van der Waals surface area contributed by atoms with Crippen molar-refractivity contribution in [2.75, 3.05) is 31.7 Å². The van der Waals surface area contributed by atoms with Gasteiger partial charge in [-0.2, -0.15) is 0 Å². The molecule has 0 amide bonds. The number of methoxy groups -OCH3 is 1. The van der Waals surface area contributed by atoms with Crippen LogP contribution in [0.3, 0.4) is 0 Å². The lowest BCUT2D eigenvalue weighted by atomic mass is 9.97. The number of piperidine rings is 1. The average Bonchev–Trinajstić information content (AvgIpc) is 2.39. The molecule has 1 atom stereocenters. The van der Waals surface area contributed by atoms with Gasteiger partial charge in [-0.3, -0.25) is 0 Å². The topological polar surface area (TPSA) is 49.8 Å². The molecular formula is C15H21NO3. The van der Waals surface area contributed by atoms with Crippen LogP contribution in [0.5, 0.6) is 0 Å². The minimum absolute atomic E-state index is 0.353. The number of carboxylic acid groups (broad SMARTS) is 1. The van der Waals surface area contributed by atoms with Gasteiger partial charge in [0.1, 0.15) is 0 Å². The molecule has 1 unspecified atom stereocenters. The second-order valence-corrected chi connectivity index (χ2v) is 5.22. The molecule has 1 aliphatic rings. The normalized spacial score (nSPS) is 19.5. The van der Waals surface area contributed by atoms with E-state index in [0.717, 1.165) is 37.4 Å². The molecule has 0 aliphatic carbocycles. The van der Waals surface area contributed by atoms with E-state index in [2.05, 4.69) is 4.90 Å². The average molecular weight is 263 g/mol. The van der Waals surface area contributed by atoms with Crippen molar-refractivity contribution in [3.63, 3.8) is 0 Å². The van der Waals surface area contributed by atoms with Crippen molar-refractivity contribution >= 4 is 11.7 Å². The summed E-state index contributed by atoms with van der Waals surface area (Å²) in [4.78, 5) is 13.3. The van der Waals surface area contributed by atoms with E-state index in [1.807, 2.05) is 13.0 Å². The van der Waals surface area contributed by atoms with Crippen LogP contribution in [0.1, 0.15) is 28.8 Å². The number of carbonyl (C=O) groups is 1. The van der Waals surface area contributed by atoms with Crippen LogP contribution in [0.25, 0.3) is 0 Å². The molecule has 0 spiro atoms. The summed E-state index contributed by atoms with van der Waals surface area (Å²) in [6.45, 7) is 4.79. The van der Waals surface area contributed by atoms with Crippen molar-refractivity contribution < 1.29 is 14.6 Å². The fraction of sp³-hybridized carbons (Fsp3) is 0.533. The SMILES string of the molecule is COCC1CCCN(c2ccc(C(=O)O)cc2C)C1. The molecule has 1 fully saturated rings. The monoisotopic (exact) mass is 263 g/mol. The highest BCUT2D eigenvalue weighted by Crippen LogP contribution is 2.27. The first-order valence-corrected chi connectivity index (χ1v) is 6.69. The Labute approximate surface area is 114 Å². The van der Waals surface area contributed by atoms with Gasteiger partial charge >= 0.3 is 5.97 Å². The molecule has 0 aromatic heterocycles. The maximum atomic E-state index is 10.9. The van der Waals surface area contributed by atoms with Gasteiger partial charge in [-0.15, -0.1) is 0 Å². The zero-order chi connectivity index (χ0) is 13.8. The van der Waals surface area contributed by atoms with E-state index in [1.165, 1.54) is 6.42 Å². The van der Waals surface area contributed by atoms with E-state index < -0.39 is 5.97 Å². The molecule has 0 bridgehead atoms. The zero-order valence-corrected chi connectivity index (χ0v) is 11.6. The highest BCUT2D eigenvalue weighted by Gasteiger charge is 2.21. The Kier molecular flexibility index (Phi) is 4.43. The van der Waals surface area contributed by atoms with E-state index in [1.54, 1.807) is 19.2 Å². The molecular weight excluding hydrogens is 242 g/mol. The van der Waals surface area contributed by atoms with Crippen molar-refractivity contribution in [3.8, 4) is 0 Å². The Bertz CT molecular complexity index is 457. The predicted molar refractivity (Wildman–Crippen MR) is 75.0 cm³/mol. The minimum Gasteiger partial charge on any atom is -0.478 e. The summed E-state index contributed by atoms with van der Waals surface area (Å²) in [5.74, 6) is -0.303. The molecule has 2 rings (SSSR count). The lowest BCUT2D eigenvalue weighted by Crippen LogP contribution is -2.37. The van der Waals surface area contributed by atoms with Crippen LogP contribution in [0.2, 0.25) is 0 Å². The Hall–Kier alpha value is -1.55. The predicted octanol–water partition coefficient (Wildman–Crippen LogP) is 2.56. The van der Waals surface area contributed by atoms with Crippen LogP contribution in [0.4, 0.5) is 5.69 Å². The van der Waals surface area contributed by atoms with E-state index in [-0.39, 0.29) is 0 Å². The van der Waals surface area contributed by atoms with Gasteiger partial charge in [-0.05, 0) is 49.4 Å². The van der Waals surface area contributed by atoms with Crippen LogP contribution in [0.15, 0.2) is 18.2 Å². The van der Waals surface area contributed by atoms with E-state index in [0.29, 0.717) is 11.5 Å². The van der Waals surface area contributed by atoms with Gasteiger partial charge in [0.25, 0.3) is 0 Å². The van der Waals surface area contributed by atoms with Crippen molar-refractivity contribution in [1.29, 1.82) is 0 Å². The van der Waals surface area contributed by atoms with Gasteiger partial charge in [0.2, 0.25) is 0 Å². The number of nitrogens with zero attached hydrogens (tertiary/aromatic N) is 1. The summed E-state index contributed by atoms with van der Waals surface area (Å²) in [5, 5.41) is 8.99. The first-order chi connectivity index (χ1) is 9.11. The first kappa shape index (κ1) is 13.9. The summed E-state index contributed by atoms with van der Waals surface area (Å²) in [6, 6.07) is 5.36. The Balaban J connectivity index is 2.15. The quantitative estimate of drug-likeness (QED) is 0.907. The second-order valence-electron chi connectivity index (χ2n) is 5.22. The lowest BCUT2D eigenvalue weighted by molar-refractivity contribution is 0.0697. The molecule has 0 saturated carbocycles. The summed E-state index contributed by atoms with van der Waals surface area (Å²) in [5.41, 5.74) is 2.52. The van der Waals surface area contributed by atoms with Crippen LogP contribution >= 0.6 is 0 Å². The zero-order valence-electron chi connectivity index (χ0n) is 11.6. The van der Waals surface area contributed by atoms with E-state index in [4.69, 9.17) is 9.84 Å². The van der Waals surface area contributed by atoms with Crippen LogP contribution in [0, 0.1) is 12.8 Å². The summed E-state index contributed by atoms with van der Waals surface area (Å²) >= 11 is 0. The number of rotatable bonds is 4. The summed E-state index contributed by atoms with van der Waals surface area (Å²) < 4.78 is 5.24. The number of carboxylic acids is 1. The fourth-order valence-corrected chi connectivity index (χ4v) is 2.80. The van der Waals surface area contributed by atoms with Gasteiger partial charge in [0.05, 0.1) is 12.2 Å². The molecule has 1 aliphatic heterocycles. The van der Waals surface area contributed by atoms with Gasteiger partial charge in [0.15, 0.2) is 0 Å². The maximum Gasteiger partial charge on any atom is 0.335 e.